The van der Waals surface area contributed by atoms with Crippen molar-refractivity contribution in [3.63, 3.8) is 0 Å². The fraction of sp³-hybridized carbons (Fsp3) is 0.486. The van der Waals surface area contributed by atoms with Crippen molar-refractivity contribution in [1.82, 2.24) is 4.57 Å². The Morgan fingerprint density at radius 2 is 1.02 bits per heavy atom. The summed E-state index contributed by atoms with van der Waals surface area (Å²) in [6, 6.07) is 26.3. The van der Waals surface area contributed by atoms with Crippen LogP contribution >= 0.6 is 56.7 Å². The molecule has 1 aliphatic rings. The molecular formula is C70H87N3O5S5. The van der Waals surface area contributed by atoms with Gasteiger partial charge in [-0.25, -0.2) is 4.85 Å². The molecule has 8 rings (SSSR count). The number of carboxylic acids is 2. The largest absolute Gasteiger partial charge is 0.486 e. The molecule has 0 saturated carbocycles. The summed E-state index contributed by atoms with van der Waals surface area (Å²) in [5, 5.41) is 19.7. The van der Waals surface area contributed by atoms with Crippen LogP contribution in [0.25, 0.3) is 56.3 Å². The van der Waals surface area contributed by atoms with E-state index in [1.54, 1.807) is 11.3 Å². The zero-order chi connectivity index (χ0) is 59.0. The standard InChI is InChI=1S/C70H87N3O5S5/c1-9-14-19-24-31-47-41-58(79-57(47)45-61-67(76)73(46-62(74)75)68(83-61)63(71-8)69(77)78)64-50(33-26-21-16-11-3)43-60(81-64)66-51(34-27-22-17-12-4)44-59(82-66)65-49(32-25-20-15-10-2)42-56(80-65)48-37-38-55-53(40-48)70(6,7)52-35-28-29-36-54(52)72(55)39-30-23-18-13-5/h28-29,35-38,40-45H,9-27,30-34,39,46H2,1-7H3,(H,74,75)(H,77,78)/b61-45-,68-63-. The number of rotatable bonds is 33. The maximum absolute atomic E-state index is 14.0. The Balaban J connectivity index is 1.25. The number of fused-ring (bicyclic) bond motifs is 2. The Bertz CT molecular complexity index is 3560. The molecule has 0 unspecified atom stereocenters. The van der Waals surface area contributed by atoms with E-state index in [9.17, 15) is 24.6 Å². The lowest BCUT2D eigenvalue weighted by atomic mass is 9.73. The first kappa shape index (κ1) is 63.7. The summed E-state index contributed by atoms with van der Waals surface area (Å²) in [5.74, 6) is -2.78. The van der Waals surface area contributed by atoms with Crippen LogP contribution in [0, 0.1) is 6.57 Å². The average Bonchev–Trinajstić information content (AvgIpc) is 3.60. The van der Waals surface area contributed by atoms with Gasteiger partial charge in [-0.15, -0.1) is 56.7 Å². The molecule has 6 heterocycles. The van der Waals surface area contributed by atoms with Crippen molar-refractivity contribution in [2.75, 3.05) is 11.4 Å². The fourth-order valence-electron chi connectivity index (χ4n) is 11.8. The number of aliphatic carboxylic acids is 2. The number of hydrogen-bond acceptors (Lipinski definition) is 9. The molecule has 0 amide bonds. The Labute approximate surface area is 514 Å². The number of aromatic nitrogens is 1. The predicted molar refractivity (Wildman–Crippen MR) is 357 cm³/mol. The zero-order valence-electron chi connectivity index (χ0n) is 50.3. The highest BCUT2D eigenvalue weighted by Gasteiger charge is 2.36. The van der Waals surface area contributed by atoms with Crippen molar-refractivity contribution in [2.24, 2.45) is 0 Å². The predicted octanol–water partition coefficient (Wildman–Crippen LogP) is 19.7. The van der Waals surface area contributed by atoms with E-state index >= 15 is 0 Å². The van der Waals surface area contributed by atoms with E-state index in [0.29, 0.717) is 0 Å². The van der Waals surface area contributed by atoms with Crippen LogP contribution in [0.4, 0.5) is 11.4 Å². The summed E-state index contributed by atoms with van der Waals surface area (Å²) in [4.78, 5) is 54.1. The highest BCUT2D eigenvalue weighted by Crippen LogP contribution is 2.53. The van der Waals surface area contributed by atoms with Gasteiger partial charge in [0.15, 0.2) is 0 Å². The van der Waals surface area contributed by atoms with Crippen LogP contribution in [-0.2, 0) is 47.2 Å². The highest BCUT2D eigenvalue weighted by atomic mass is 32.1. The molecule has 7 aromatic rings. The Morgan fingerprint density at radius 3 is 1.54 bits per heavy atom. The molecule has 0 atom stereocenters. The second-order valence-electron chi connectivity index (χ2n) is 23.2. The summed E-state index contributed by atoms with van der Waals surface area (Å²) in [6.45, 7) is 24.1. The first-order valence-electron chi connectivity index (χ1n) is 31.1. The number of para-hydroxylation sites is 1. The van der Waals surface area contributed by atoms with Gasteiger partial charge in [0.1, 0.15) is 11.2 Å². The van der Waals surface area contributed by atoms with Crippen LogP contribution in [0.3, 0.4) is 0 Å². The lowest BCUT2D eigenvalue weighted by molar-refractivity contribution is -0.138. The second-order valence-corrected chi connectivity index (χ2v) is 28.5. The molecule has 5 aromatic heterocycles. The minimum atomic E-state index is -1.49. The highest BCUT2D eigenvalue weighted by molar-refractivity contribution is 7.29. The molecule has 2 aromatic carbocycles. The summed E-state index contributed by atoms with van der Waals surface area (Å²) in [5.41, 5.74) is 10.7. The molecule has 442 valence electrons. The molecule has 83 heavy (non-hydrogen) atoms. The van der Waals surface area contributed by atoms with Crippen LogP contribution in [-0.4, -0.2) is 33.3 Å². The third-order valence-electron chi connectivity index (χ3n) is 16.5. The first-order valence-corrected chi connectivity index (χ1v) is 35.2. The van der Waals surface area contributed by atoms with Gasteiger partial charge in [-0.3, -0.25) is 19.0 Å². The third kappa shape index (κ3) is 15.4. The van der Waals surface area contributed by atoms with E-state index in [2.05, 4.69) is 125 Å². The molecule has 0 bridgehead atoms. The summed E-state index contributed by atoms with van der Waals surface area (Å²) < 4.78 is 0.996. The number of unbranched alkanes of at least 4 members (excludes halogenated alkanes) is 15. The summed E-state index contributed by atoms with van der Waals surface area (Å²) in [7, 11) is 0. The van der Waals surface area contributed by atoms with Crippen molar-refractivity contribution in [3.8, 4) is 39.7 Å². The van der Waals surface area contributed by atoms with E-state index in [-0.39, 0.29) is 14.6 Å². The third-order valence-corrected chi connectivity index (χ3v) is 22.8. The van der Waals surface area contributed by atoms with Gasteiger partial charge in [0.25, 0.3) is 5.56 Å². The minimum Gasteiger partial charge on any atom is -0.486 e. The molecule has 8 nitrogen and oxygen atoms in total. The van der Waals surface area contributed by atoms with Gasteiger partial charge < -0.3 is 15.1 Å². The molecule has 0 spiro atoms. The van der Waals surface area contributed by atoms with Crippen LogP contribution in [0.1, 0.15) is 215 Å². The second kappa shape index (κ2) is 30.6. The van der Waals surface area contributed by atoms with Crippen molar-refractivity contribution in [3.05, 3.63) is 136 Å². The molecule has 0 radical (unpaired) electrons. The van der Waals surface area contributed by atoms with E-state index in [0.717, 1.165) is 115 Å². The maximum atomic E-state index is 14.0. The number of benzene rings is 2. The zero-order valence-corrected chi connectivity index (χ0v) is 54.4. The van der Waals surface area contributed by atoms with Crippen LogP contribution in [0.2, 0.25) is 0 Å². The van der Waals surface area contributed by atoms with Crippen molar-refractivity contribution < 1.29 is 19.8 Å². The topological polar surface area (TPSA) is 104 Å². The Kier molecular flexibility index (Phi) is 23.5. The Morgan fingerprint density at radius 1 is 0.554 bits per heavy atom. The average molecular weight is 1210 g/mol. The molecule has 0 aliphatic carbocycles. The number of anilines is 2. The van der Waals surface area contributed by atoms with Gasteiger partial charge in [-0.05, 0) is 145 Å². The van der Waals surface area contributed by atoms with Gasteiger partial charge in [0.2, 0.25) is 0 Å². The van der Waals surface area contributed by atoms with Crippen molar-refractivity contribution >= 4 is 91.8 Å². The molecular weight excluding hydrogens is 1120 g/mol. The normalized spacial score (nSPS) is 13.4. The molecule has 0 saturated heterocycles. The van der Waals surface area contributed by atoms with Crippen molar-refractivity contribution in [2.45, 2.75) is 215 Å². The number of thiophene rings is 4. The Hall–Kier alpha value is -5.36. The number of carbonyl (C=O) groups is 2. The summed E-state index contributed by atoms with van der Waals surface area (Å²) >= 11 is 8.41. The number of nitrogens with zero attached hydrogens (tertiary/aromatic N) is 3. The number of aryl methyl sites for hydroxylation is 4. The first-order chi connectivity index (χ1) is 40.3. The van der Waals surface area contributed by atoms with Crippen molar-refractivity contribution in [1.29, 1.82) is 0 Å². The maximum Gasteiger partial charge on any atom is 0.336 e. The van der Waals surface area contributed by atoms with Gasteiger partial charge >= 0.3 is 17.6 Å². The minimum absolute atomic E-state index is 0.151. The SMILES string of the molecule is [C-]#[N+]/C(C(=O)O)=c1\s/c(=C\c2sc(-c3sc(-c4sc(-c5sc(-c6ccc7c(c6)C(C)(C)c6ccccc6N7CCCCCC)cc5CCCCCC)cc4CCCCCC)cc3CCCCCC)cc2CCCCCC)c(=O)n1CC(=O)O. The lowest BCUT2D eigenvalue weighted by Gasteiger charge is -2.42. The van der Waals surface area contributed by atoms with Gasteiger partial charge in [-0.1, -0.05) is 169 Å². The van der Waals surface area contributed by atoms with Gasteiger partial charge in [0, 0.05) is 62.4 Å². The fourth-order valence-corrected chi connectivity index (χ4v) is 18.2. The van der Waals surface area contributed by atoms with Crippen LogP contribution in [0.15, 0.2) is 71.5 Å². The van der Waals surface area contributed by atoms with Crippen LogP contribution in [0.5, 0.6) is 0 Å². The lowest BCUT2D eigenvalue weighted by Crippen LogP contribution is -2.35. The molecule has 0 fully saturated rings. The van der Waals surface area contributed by atoms with Gasteiger partial charge in [0.05, 0.1) is 11.1 Å². The molecule has 2 N–H and O–H groups in total. The van der Waals surface area contributed by atoms with Gasteiger partial charge in [-0.2, -0.15) is 0 Å². The molecule has 13 heteroatoms. The smallest absolute Gasteiger partial charge is 0.336 e. The monoisotopic (exact) mass is 1210 g/mol. The van der Waals surface area contributed by atoms with Crippen LogP contribution < -0.4 is 19.7 Å². The molecule has 1 aliphatic heterocycles. The number of hydrogen-bond donors (Lipinski definition) is 2. The van der Waals surface area contributed by atoms with E-state index in [1.165, 1.54) is 151 Å². The van der Waals surface area contributed by atoms with E-state index in [1.807, 2.05) is 40.1 Å². The van der Waals surface area contributed by atoms with E-state index < -0.39 is 29.7 Å². The number of thiazole rings is 1. The summed E-state index contributed by atoms with van der Waals surface area (Å²) in [6.07, 6.45) is 29.1. The number of carboxylic acid groups (broad SMARTS) is 2. The quantitative estimate of drug-likeness (QED) is 0.0314. The van der Waals surface area contributed by atoms with E-state index in [4.69, 9.17) is 6.57 Å².